The van der Waals surface area contributed by atoms with Gasteiger partial charge in [0.05, 0.1) is 12.8 Å². The fourth-order valence-electron chi connectivity index (χ4n) is 1.20. The van der Waals surface area contributed by atoms with Crippen LogP contribution in [-0.2, 0) is 0 Å². The molecule has 0 spiro atoms. The normalized spacial score (nSPS) is 10.0. The second kappa shape index (κ2) is 4.40. The van der Waals surface area contributed by atoms with Gasteiger partial charge in [0.2, 0.25) is 5.88 Å². The molecule has 0 atom stereocenters. The van der Waals surface area contributed by atoms with Crippen LogP contribution in [0.2, 0.25) is 0 Å². The number of rotatable bonds is 2. The predicted octanol–water partition coefficient (Wildman–Crippen LogP) is 2.91. The van der Waals surface area contributed by atoms with Gasteiger partial charge in [-0.25, -0.2) is 0 Å². The van der Waals surface area contributed by atoms with Crippen LogP contribution in [0, 0.1) is 0 Å². The monoisotopic (exact) mass is 264 g/mol. The highest BCUT2D eigenvalue weighted by atomic mass is 79.9. The van der Waals surface area contributed by atoms with Crippen LogP contribution in [0.3, 0.4) is 0 Å². The van der Waals surface area contributed by atoms with E-state index in [0.29, 0.717) is 5.88 Å². The predicted molar refractivity (Wildman–Crippen MR) is 61.7 cm³/mol. The van der Waals surface area contributed by atoms with E-state index < -0.39 is 0 Å². The largest absolute Gasteiger partial charge is 0.480 e. The van der Waals surface area contributed by atoms with Gasteiger partial charge in [-0.2, -0.15) is 0 Å². The van der Waals surface area contributed by atoms with Crippen LogP contribution in [0.1, 0.15) is 0 Å². The first-order valence-corrected chi connectivity index (χ1v) is 5.22. The van der Waals surface area contributed by atoms with E-state index in [1.807, 2.05) is 30.3 Å². The van der Waals surface area contributed by atoms with Gasteiger partial charge >= 0.3 is 0 Å². The standard InChI is InChI=1S/C11H9BrN2O/c1-15-11-7-6-10(13-14-11)8-2-4-9(12)5-3-8/h2-7H,1H3. The molecule has 76 valence electrons. The smallest absolute Gasteiger partial charge is 0.233 e. The van der Waals surface area contributed by atoms with E-state index >= 15 is 0 Å². The highest BCUT2D eigenvalue weighted by Crippen LogP contribution is 2.20. The van der Waals surface area contributed by atoms with Gasteiger partial charge in [-0.3, -0.25) is 0 Å². The maximum absolute atomic E-state index is 4.94. The number of hydrogen-bond donors (Lipinski definition) is 0. The second-order valence-corrected chi connectivity index (χ2v) is 3.88. The van der Waals surface area contributed by atoms with Gasteiger partial charge in [-0.05, 0) is 18.2 Å². The van der Waals surface area contributed by atoms with Crippen molar-refractivity contribution in [2.75, 3.05) is 7.11 Å². The highest BCUT2D eigenvalue weighted by molar-refractivity contribution is 9.10. The number of halogens is 1. The first kappa shape index (κ1) is 10.1. The van der Waals surface area contributed by atoms with Gasteiger partial charge in [-0.1, -0.05) is 28.1 Å². The lowest BCUT2D eigenvalue weighted by Gasteiger charge is -2.01. The molecule has 0 aliphatic carbocycles. The second-order valence-electron chi connectivity index (χ2n) is 2.97. The summed E-state index contributed by atoms with van der Waals surface area (Å²) in [5.41, 5.74) is 1.87. The lowest BCUT2D eigenvalue weighted by molar-refractivity contribution is 0.392. The van der Waals surface area contributed by atoms with Crippen molar-refractivity contribution in [2.24, 2.45) is 0 Å². The molecule has 0 amide bonds. The summed E-state index contributed by atoms with van der Waals surface area (Å²) >= 11 is 3.38. The Morgan fingerprint density at radius 2 is 1.73 bits per heavy atom. The molecule has 0 fully saturated rings. The van der Waals surface area contributed by atoms with Crippen molar-refractivity contribution in [2.45, 2.75) is 0 Å². The Bertz CT molecular complexity index is 439. The Morgan fingerprint density at radius 1 is 1.00 bits per heavy atom. The van der Waals surface area contributed by atoms with Gasteiger partial charge in [0.15, 0.2) is 0 Å². The Morgan fingerprint density at radius 3 is 2.27 bits per heavy atom. The molecular weight excluding hydrogens is 256 g/mol. The first-order chi connectivity index (χ1) is 7.29. The molecule has 0 bridgehead atoms. The molecule has 2 aromatic rings. The van der Waals surface area contributed by atoms with Gasteiger partial charge < -0.3 is 4.74 Å². The number of benzene rings is 1. The molecule has 0 aliphatic rings. The average molecular weight is 265 g/mol. The van der Waals surface area contributed by atoms with Crippen LogP contribution >= 0.6 is 15.9 Å². The van der Waals surface area contributed by atoms with Crippen molar-refractivity contribution in [1.29, 1.82) is 0 Å². The van der Waals surface area contributed by atoms with E-state index in [9.17, 15) is 0 Å². The van der Waals surface area contributed by atoms with Crippen molar-refractivity contribution >= 4 is 15.9 Å². The third kappa shape index (κ3) is 2.33. The van der Waals surface area contributed by atoms with Crippen molar-refractivity contribution < 1.29 is 4.74 Å². The summed E-state index contributed by atoms with van der Waals surface area (Å²) in [6.07, 6.45) is 0. The van der Waals surface area contributed by atoms with E-state index in [2.05, 4.69) is 26.1 Å². The molecule has 3 nitrogen and oxygen atoms in total. The van der Waals surface area contributed by atoms with Crippen LogP contribution in [0.25, 0.3) is 11.3 Å². The van der Waals surface area contributed by atoms with Crippen molar-refractivity contribution in [1.82, 2.24) is 10.2 Å². The maximum atomic E-state index is 4.94. The minimum atomic E-state index is 0.524. The number of methoxy groups -OCH3 is 1. The molecule has 0 unspecified atom stereocenters. The molecule has 1 heterocycles. The highest BCUT2D eigenvalue weighted by Gasteiger charge is 2.00. The molecule has 2 rings (SSSR count). The third-order valence-electron chi connectivity index (χ3n) is 1.99. The summed E-state index contributed by atoms with van der Waals surface area (Å²) in [6.45, 7) is 0. The average Bonchev–Trinajstić information content (AvgIpc) is 2.30. The molecule has 4 heteroatoms. The minimum Gasteiger partial charge on any atom is -0.480 e. The molecule has 0 aliphatic heterocycles. The first-order valence-electron chi connectivity index (χ1n) is 4.43. The Labute approximate surface area is 96.2 Å². The molecule has 0 saturated carbocycles. The number of hydrogen-bond acceptors (Lipinski definition) is 3. The van der Waals surface area contributed by atoms with Crippen LogP contribution in [0.5, 0.6) is 5.88 Å². The fraction of sp³-hybridized carbons (Fsp3) is 0.0909. The molecule has 0 saturated heterocycles. The molecule has 15 heavy (non-hydrogen) atoms. The summed E-state index contributed by atoms with van der Waals surface area (Å²) in [5.74, 6) is 0.524. The summed E-state index contributed by atoms with van der Waals surface area (Å²) < 4.78 is 5.99. The van der Waals surface area contributed by atoms with E-state index in [1.165, 1.54) is 0 Å². The Hall–Kier alpha value is -1.42. The summed E-state index contributed by atoms with van der Waals surface area (Å²) in [4.78, 5) is 0. The lowest BCUT2D eigenvalue weighted by atomic mass is 10.1. The molecule has 1 aromatic carbocycles. The summed E-state index contributed by atoms with van der Waals surface area (Å²) in [7, 11) is 1.57. The quantitative estimate of drug-likeness (QED) is 0.837. The molecule has 0 N–H and O–H groups in total. The topological polar surface area (TPSA) is 35.0 Å². The van der Waals surface area contributed by atoms with Gasteiger partial charge in [-0.15, -0.1) is 10.2 Å². The molecule has 0 radical (unpaired) electrons. The van der Waals surface area contributed by atoms with Gasteiger partial charge in [0.25, 0.3) is 0 Å². The van der Waals surface area contributed by atoms with E-state index in [4.69, 9.17) is 4.74 Å². The number of ether oxygens (including phenoxy) is 1. The van der Waals surface area contributed by atoms with Crippen LogP contribution in [-0.4, -0.2) is 17.3 Å². The zero-order chi connectivity index (χ0) is 10.7. The molecule has 1 aromatic heterocycles. The van der Waals surface area contributed by atoms with Crippen molar-refractivity contribution in [3.05, 3.63) is 40.9 Å². The zero-order valence-electron chi connectivity index (χ0n) is 8.14. The fourth-order valence-corrected chi connectivity index (χ4v) is 1.47. The molecular formula is C11H9BrN2O. The van der Waals surface area contributed by atoms with Crippen molar-refractivity contribution in [3.63, 3.8) is 0 Å². The summed E-state index contributed by atoms with van der Waals surface area (Å²) in [5, 5.41) is 7.97. The van der Waals surface area contributed by atoms with Gasteiger partial charge in [0.1, 0.15) is 0 Å². The number of aromatic nitrogens is 2. The maximum Gasteiger partial charge on any atom is 0.233 e. The summed E-state index contributed by atoms with van der Waals surface area (Å²) in [6, 6.07) is 11.6. The SMILES string of the molecule is COc1ccc(-c2ccc(Br)cc2)nn1. The Balaban J connectivity index is 2.33. The minimum absolute atomic E-state index is 0.524. The Kier molecular flexibility index (Phi) is 2.97. The van der Waals surface area contributed by atoms with Crippen molar-refractivity contribution in [3.8, 4) is 17.1 Å². The van der Waals surface area contributed by atoms with E-state index in [0.717, 1.165) is 15.7 Å². The van der Waals surface area contributed by atoms with E-state index in [-0.39, 0.29) is 0 Å². The third-order valence-corrected chi connectivity index (χ3v) is 2.52. The zero-order valence-corrected chi connectivity index (χ0v) is 9.73. The van der Waals surface area contributed by atoms with Crippen LogP contribution in [0.4, 0.5) is 0 Å². The van der Waals surface area contributed by atoms with Crippen LogP contribution in [0.15, 0.2) is 40.9 Å². The van der Waals surface area contributed by atoms with Crippen LogP contribution < -0.4 is 4.74 Å². The number of nitrogens with zero attached hydrogens (tertiary/aromatic N) is 2. The van der Waals surface area contributed by atoms with Gasteiger partial charge in [0, 0.05) is 16.1 Å². The lowest BCUT2D eigenvalue weighted by Crippen LogP contribution is -1.91. The van der Waals surface area contributed by atoms with E-state index in [1.54, 1.807) is 13.2 Å².